The van der Waals surface area contributed by atoms with Gasteiger partial charge < -0.3 is 24.5 Å². The highest BCUT2D eigenvalue weighted by Gasteiger charge is 2.23. The van der Waals surface area contributed by atoms with Gasteiger partial charge in [-0.05, 0) is 18.2 Å². The summed E-state index contributed by atoms with van der Waals surface area (Å²) in [6.07, 6.45) is 1.55. The Balaban J connectivity index is 2.07. The number of carbonyl (C=O) groups excluding carboxylic acids is 1. The number of hydrogen-bond donors (Lipinski definition) is 2. The Labute approximate surface area is 153 Å². The molecule has 0 fully saturated rings. The van der Waals surface area contributed by atoms with E-state index < -0.39 is 11.7 Å². The number of anilines is 1. The molecule has 1 aromatic heterocycles. The number of aromatic amines is 1. The summed E-state index contributed by atoms with van der Waals surface area (Å²) in [6, 6.07) is 5.66. The van der Waals surface area contributed by atoms with Gasteiger partial charge in [-0.15, -0.1) is 0 Å². The summed E-state index contributed by atoms with van der Waals surface area (Å²) in [7, 11) is 4.47. The Hall–Kier alpha value is -2.93. The summed E-state index contributed by atoms with van der Waals surface area (Å²) in [5.74, 6) is 0.238. The molecule has 2 N–H and O–H groups in total. The van der Waals surface area contributed by atoms with Crippen LogP contribution in [-0.2, 0) is 0 Å². The molecule has 0 spiro atoms. The topological polar surface area (TPSA) is 72.6 Å². The van der Waals surface area contributed by atoms with Gasteiger partial charge in [-0.25, -0.2) is 4.39 Å². The number of H-pyrrole nitrogens is 1. The molecule has 0 aliphatic rings. The van der Waals surface area contributed by atoms with E-state index in [4.69, 9.17) is 25.8 Å². The van der Waals surface area contributed by atoms with Gasteiger partial charge in [0.1, 0.15) is 5.82 Å². The van der Waals surface area contributed by atoms with Crippen LogP contribution in [0.4, 0.5) is 10.1 Å². The van der Waals surface area contributed by atoms with Crippen LogP contribution in [-0.4, -0.2) is 32.2 Å². The zero-order chi connectivity index (χ0) is 18.8. The quantitative estimate of drug-likeness (QED) is 0.696. The predicted molar refractivity (Wildman–Crippen MR) is 97.3 cm³/mol. The SMILES string of the molecule is COc1cc2[nH]cc(C(=O)Nc3ccc(F)c(Cl)c3)c2c(OC)c1OC. The summed E-state index contributed by atoms with van der Waals surface area (Å²) >= 11 is 5.75. The number of nitrogens with one attached hydrogen (secondary N) is 2. The largest absolute Gasteiger partial charge is 0.493 e. The number of halogens is 2. The number of benzene rings is 2. The van der Waals surface area contributed by atoms with Crippen molar-refractivity contribution in [1.29, 1.82) is 0 Å². The number of fused-ring (bicyclic) bond motifs is 1. The van der Waals surface area contributed by atoms with Crippen LogP contribution in [0.1, 0.15) is 10.4 Å². The van der Waals surface area contributed by atoms with Crippen LogP contribution in [0, 0.1) is 5.82 Å². The van der Waals surface area contributed by atoms with Crippen molar-refractivity contribution >= 4 is 34.1 Å². The Morgan fingerprint density at radius 3 is 2.46 bits per heavy atom. The molecule has 3 rings (SSSR count). The zero-order valence-corrected chi connectivity index (χ0v) is 15.0. The van der Waals surface area contributed by atoms with Crippen molar-refractivity contribution in [3.63, 3.8) is 0 Å². The zero-order valence-electron chi connectivity index (χ0n) is 14.3. The van der Waals surface area contributed by atoms with Crippen LogP contribution in [0.25, 0.3) is 10.9 Å². The lowest BCUT2D eigenvalue weighted by Crippen LogP contribution is -2.11. The fraction of sp³-hybridized carbons (Fsp3) is 0.167. The van der Waals surface area contributed by atoms with Gasteiger partial charge in [0.25, 0.3) is 5.91 Å². The lowest BCUT2D eigenvalue weighted by molar-refractivity contribution is 0.102. The van der Waals surface area contributed by atoms with Crippen molar-refractivity contribution < 1.29 is 23.4 Å². The summed E-state index contributed by atoms with van der Waals surface area (Å²) in [5.41, 5.74) is 1.34. The number of ether oxygens (including phenoxy) is 3. The molecule has 0 bridgehead atoms. The van der Waals surface area contributed by atoms with Crippen LogP contribution >= 0.6 is 11.6 Å². The molecule has 26 heavy (non-hydrogen) atoms. The Kier molecular flexibility index (Phi) is 4.90. The molecule has 1 heterocycles. The molecule has 8 heteroatoms. The van der Waals surface area contributed by atoms with Crippen molar-refractivity contribution in [3.05, 3.63) is 46.9 Å². The second-order valence-corrected chi connectivity index (χ2v) is 5.76. The van der Waals surface area contributed by atoms with Crippen molar-refractivity contribution in [2.75, 3.05) is 26.6 Å². The van der Waals surface area contributed by atoms with Crippen molar-refractivity contribution in [2.45, 2.75) is 0 Å². The van der Waals surface area contributed by atoms with Gasteiger partial charge in [0.2, 0.25) is 5.75 Å². The minimum Gasteiger partial charge on any atom is -0.493 e. The minimum absolute atomic E-state index is 0.0780. The highest BCUT2D eigenvalue weighted by molar-refractivity contribution is 6.31. The summed E-state index contributed by atoms with van der Waals surface area (Å²) < 4.78 is 29.4. The Morgan fingerprint density at radius 2 is 1.85 bits per heavy atom. The normalized spacial score (nSPS) is 10.7. The van der Waals surface area contributed by atoms with Crippen LogP contribution in [0.3, 0.4) is 0 Å². The summed E-state index contributed by atoms with van der Waals surface area (Å²) in [4.78, 5) is 15.7. The van der Waals surface area contributed by atoms with E-state index in [1.165, 1.54) is 39.5 Å². The van der Waals surface area contributed by atoms with E-state index in [0.717, 1.165) is 0 Å². The molecule has 0 unspecified atom stereocenters. The first-order valence-electron chi connectivity index (χ1n) is 7.56. The third-order valence-corrected chi connectivity index (χ3v) is 4.18. The Morgan fingerprint density at radius 1 is 1.12 bits per heavy atom. The molecular formula is C18H16ClFN2O4. The average Bonchev–Trinajstić information content (AvgIpc) is 3.06. The maximum atomic E-state index is 13.3. The molecule has 136 valence electrons. The van der Waals surface area contributed by atoms with Crippen molar-refractivity contribution in [2.24, 2.45) is 0 Å². The monoisotopic (exact) mass is 378 g/mol. The highest BCUT2D eigenvalue weighted by atomic mass is 35.5. The second-order valence-electron chi connectivity index (χ2n) is 5.35. The molecule has 1 amide bonds. The first kappa shape index (κ1) is 17.9. The average molecular weight is 379 g/mol. The predicted octanol–water partition coefficient (Wildman–Crippen LogP) is 4.24. The number of rotatable bonds is 5. The number of methoxy groups -OCH3 is 3. The maximum Gasteiger partial charge on any atom is 0.257 e. The van der Waals surface area contributed by atoms with Crippen molar-refractivity contribution in [1.82, 2.24) is 4.98 Å². The van der Waals surface area contributed by atoms with Crippen LogP contribution in [0.15, 0.2) is 30.5 Å². The molecule has 0 aliphatic heterocycles. The fourth-order valence-corrected chi connectivity index (χ4v) is 2.89. The number of amides is 1. The van der Waals surface area contributed by atoms with Crippen LogP contribution < -0.4 is 19.5 Å². The third-order valence-electron chi connectivity index (χ3n) is 3.89. The fourth-order valence-electron chi connectivity index (χ4n) is 2.71. The molecule has 0 saturated carbocycles. The van der Waals surface area contributed by atoms with Gasteiger partial charge in [-0.3, -0.25) is 4.79 Å². The van der Waals surface area contributed by atoms with Crippen molar-refractivity contribution in [3.8, 4) is 17.2 Å². The molecule has 3 aromatic rings. The third kappa shape index (κ3) is 3.01. The van der Waals surface area contributed by atoms with E-state index >= 15 is 0 Å². The molecule has 2 aromatic carbocycles. The minimum atomic E-state index is -0.560. The number of aromatic nitrogens is 1. The second kappa shape index (κ2) is 7.13. The van der Waals surface area contributed by atoms with E-state index in [1.807, 2.05) is 0 Å². The molecule has 0 radical (unpaired) electrons. The Bertz CT molecular complexity index is 987. The van der Waals surface area contributed by atoms with Gasteiger partial charge in [0.15, 0.2) is 11.5 Å². The lowest BCUT2D eigenvalue weighted by Gasteiger charge is -2.14. The van der Waals surface area contributed by atoms with Gasteiger partial charge in [-0.1, -0.05) is 11.6 Å². The van der Waals surface area contributed by atoms with Gasteiger partial charge in [-0.2, -0.15) is 0 Å². The molecular weight excluding hydrogens is 363 g/mol. The number of carbonyl (C=O) groups is 1. The lowest BCUT2D eigenvalue weighted by atomic mass is 10.1. The van der Waals surface area contributed by atoms with E-state index in [1.54, 1.807) is 12.3 Å². The van der Waals surface area contributed by atoms with E-state index in [-0.39, 0.29) is 5.02 Å². The van der Waals surface area contributed by atoms with E-state index in [9.17, 15) is 9.18 Å². The summed E-state index contributed by atoms with van der Waals surface area (Å²) in [6.45, 7) is 0. The first-order chi connectivity index (χ1) is 12.5. The standard InChI is InChI=1S/C18H16ClFN2O4/c1-24-14-7-13-15(17(26-3)16(14)25-2)10(8-21-13)18(23)22-9-4-5-12(20)11(19)6-9/h4-8,21H,1-3H3,(H,22,23). The molecule has 0 atom stereocenters. The van der Waals surface area contributed by atoms with E-state index in [2.05, 4.69) is 10.3 Å². The molecule has 0 saturated heterocycles. The van der Waals surface area contributed by atoms with Crippen LogP contribution in [0.5, 0.6) is 17.2 Å². The smallest absolute Gasteiger partial charge is 0.257 e. The summed E-state index contributed by atoms with van der Waals surface area (Å²) in [5, 5.41) is 3.14. The van der Waals surface area contributed by atoms with Crippen LogP contribution in [0.2, 0.25) is 5.02 Å². The van der Waals surface area contributed by atoms with Gasteiger partial charge in [0.05, 0.1) is 42.8 Å². The molecule has 0 aliphatic carbocycles. The molecule has 6 nitrogen and oxygen atoms in total. The number of hydrogen-bond acceptors (Lipinski definition) is 4. The van der Waals surface area contributed by atoms with Gasteiger partial charge in [0, 0.05) is 18.0 Å². The van der Waals surface area contributed by atoms with Gasteiger partial charge >= 0.3 is 0 Å². The van der Waals surface area contributed by atoms with E-state index in [0.29, 0.717) is 39.4 Å². The first-order valence-corrected chi connectivity index (χ1v) is 7.94. The maximum absolute atomic E-state index is 13.3. The highest BCUT2D eigenvalue weighted by Crippen LogP contribution is 2.44.